The van der Waals surface area contributed by atoms with Gasteiger partial charge >= 0.3 is 11.9 Å². The highest BCUT2D eigenvalue weighted by atomic mass is 32.2. The van der Waals surface area contributed by atoms with Crippen LogP contribution in [0.5, 0.6) is 5.75 Å². The predicted octanol–water partition coefficient (Wildman–Crippen LogP) is -0.0398. The Morgan fingerprint density at radius 2 is 1.70 bits per heavy atom. The number of hydrogen-bond donors (Lipinski definition) is 6. The molecule has 6 N–H and O–H groups in total. The van der Waals surface area contributed by atoms with Gasteiger partial charge in [-0.2, -0.15) is 4.72 Å². The van der Waals surface area contributed by atoms with Gasteiger partial charge in [0.25, 0.3) is 0 Å². The fourth-order valence-corrected chi connectivity index (χ4v) is 5.86. The van der Waals surface area contributed by atoms with Crippen LogP contribution < -0.4 is 19.7 Å². The highest BCUT2D eigenvalue weighted by Crippen LogP contribution is 2.28. The van der Waals surface area contributed by atoms with Crippen LogP contribution >= 0.6 is 0 Å². The van der Waals surface area contributed by atoms with Gasteiger partial charge in [-0.1, -0.05) is 6.07 Å². The van der Waals surface area contributed by atoms with Crippen LogP contribution in [-0.4, -0.2) is 89.2 Å². The summed E-state index contributed by atoms with van der Waals surface area (Å²) in [4.78, 5) is 24.7. The molecular weight excluding hydrogens is 568 g/mol. The minimum absolute atomic E-state index is 0.0212. The molecule has 0 saturated carbocycles. The van der Waals surface area contributed by atoms with Crippen LogP contribution in [0, 0.1) is 0 Å². The molecule has 3 rings (SSSR count). The smallest absolute Gasteiger partial charge is 0.335 e. The van der Waals surface area contributed by atoms with Crippen LogP contribution in [0.2, 0.25) is 0 Å². The monoisotopic (exact) mass is 600 g/mol. The summed E-state index contributed by atoms with van der Waals surface area (Å²) in [5.41, 5.74) is 1.17. The van der Waals surface area contributed by atoms with Gasteiger partial charge in [0, 0.05) is 31.4 Å². The molecule has 0 amide bonds. The summed E-state index contributed by atoms with van der Waals surface area (Å²) in [6.45, 7) is 1.49. The quantitative estimate of drug-likeness (QED) is 0.108. The first-order valence-corrected chi connectivity index (χ1v) is 15.5. The zero-order valence-electron chi connectivity index (χ0n) is 21.8. The second-order valence-electron chi connectivity index (χ2n) is 9.25. The molecule has 0 aromatic heterocycles. The van der Waals surface area contributed by atoms with E-state index in [0.29, 0.717) is 18.7 Å². The van der Waals surface area contributed by atoms with Crippen molar-refractivity contribution >= 4 is 43.4 Å². The summed E-state index contributed by atoms with van der Waals surface area (Å²) in [7, 11) is -6.95. The van der Waals surface area contributed by atoms with E-state index in [-0.39, 0.29) is 28.9 Å². The topological polar surface area (TPSA) is 212 Å². The lowest BCUT2D eigenvalue weighted by molar-refractivity contribution is -0.152. The number of esters is 1. The minimum Gasteiger partial charge on any atom is -0.506 e. The number of ether oxygens (including phenoxy) is 1. The molecule has 0 radical (unpaired) electrons. The maximum atomic E-state index is 12.6. The van der Waals surface area contributed by atoms with Crippen molar-refractivity contribution in [3.8, 4) is 5.75 Å². The molecule has 0 aliphatic carbocycles. The Balaban J connectivity index is 1.54. The number of carboxylic acids is 1. The third kappa shape index (κ3) is 8.28. The Morgan fingerprint density at radius 3 is 2.25 bits per heavy atom. The molecule has 1 unspecified atom stereocenters. The lowest BCUT2D eigenvalue weighted by atomic mass is 10.0. The van der Waals surface area contributed by atoms with Crippen molar-refractivity contribution in [2.24, 2.45) is 0 Å². The number of methoxy groups -OCH3 is 1. The van der Waals surface area contributed by atoms with Gasteiger partial charge in [-0.15, -0.1) is 0 Å². The second-order valence-corrected chi connectivity index (χ2v) is 12.7. The fourth-order valence-electron chi connectivity index (χ4n) is 4.16. The standard InChI is InChI=1S/C24H32N4O10S2/c1-38-24(33)22(23(31)32)27-40(36,37)18-6-4-17(5-7-18)28-11-9-16(10-12-28)25-14-21(30)15-3-8-20(29)19(13-15)26-39(2,34)35/h3-8,13,16,21-22,25-27,29-30H,9-12,14H2,1-2H3,(H,31,32)/t21-,22?/m0/s1. The summed E-state index contributed by atoms with van der Waals surface area (Å²) < 4.78 is 56.5. The van der Waals surface area contributed by atoms with Gasteiger partial charge in [-0.25, -0.2) is 26.4 Å². The normalized spacial score (nSPS) is 16.2. The Kier molecular flexibility index (Phi) is 9.96. The highest BCUT2D eigenvalue weighted by molar-refractivity contribution is 7.92. The second kappa shape index (κ2) is 12.8. The van der Waals surface area contributed by atoms with E-state index >= 15 is 0 Å². The van der Waals surface area contributed by atoms with Crippen LogP contribution in [0.25, 0.3) is 0 Å². The summed E-state index contributed by atoms with van der Waals surface area (Å²) in [6.07, 6.45) is 1.47. The third-order valence-corrected chi connectivity index (χ3v) is 8.29. The number of nitrogens with one attached hydrogen (secondary N) is 3. The lowest BCUT2D eigenvalue weighted by Gasteiger charge is -2.34. The molecule has 14 nitrogen and oxygen atoms in total. The number of hydrogen-bond acceptors (Lipinski definition) is 11. The van der Waals surface area contributed by atoms with Gasteiger partial charge in [0.2, 0.25) is 26.1 Å². The van der Waals surface area contributed by atoms with Gasteiger partial charge in [-0.05, 0) is 54.8 Å². The first-order chi connectivity index (χ1) is 18.7. The van der Waals surface area contributed by atoms with Gasteiger partial charge in [0.1, 0.15) is 5.75 Å². The van der Waals surface area contributed by atoms with E-state index in [1.165, 1.54) is 30.3 Å². The highest BCUT2D eigenvalue weighted by Gasteiger charge is 2.32. The van der Waals surface area contributed by atoms with E-state index in [2.05, 4.69) is 19.7 Å². The first kappa shape index (κ1) is 31.1. The minimum atomic E-state index is -4.30. The van der Waals surface area contributed by atoms with E-state index in [4.69, 9.17) is 5.11 Å². The van der Waals surface area contributed by atoms with Crippen LogP contribution in [0.1, 0.15) is 24.5 Å². The number of aliphatic hydroxyl groups is 1. The molecule has 40 heavy (non-hydrogen) atoms. The molecule has 2 aromatic rings. The number of aliphatic hydroxyl groups excluding tert-OH is 1. The molecule has 16 heteroatoms. The lowest BCUT2D eigenvalue weighted by Crippen LogP contribution is -2.46. The van der Waals surface area contributed by atoms with E-state index in [1.54, 1.807) is 12.1 Å². The predicted molar refractivity (Wildman–Crippen MR) is 145 cm³/mol. The number of sulfonamides is 2. The third-order valence-electron chi connectivity index (χ3n) is 6.26. The number of carboxylic acid groups (broad SMARTS) is 1. The first-order valence-electron chi connectivity index (χ1n) is 12.1. The molecule has 1 aliphatic rings. The van der Waals surface area contributed by atoms with E-state index in [9.17, 15) is 36.6 Å². The average molecular weight is 601 g/mol. The number of phenolic OH excluding ortho intramolecular Hbond substituents is 1. The van der Waals surface area contributed by atoms with Crippen LogP contribution in [-0.2, 0) is 34.4 Å². The van der Waals surface area contributed by atoms with Gasteiger partial charge in [-0.3, -0.25) is 4.72 Å². The molecular formula is C24H32N4O10S2. The van der Waals surface area contributed by atoms with E-state index < -0.39 is 44.1 Å². The van der Waals surface area contributed by atoms with E-state index in [0.717, 1.165) is 31.9 Å². The maximum Gasteiger partial charge on any atom is 0.335 e. The molecule has 220 valence electrons. The number of aromatic hydroxyl groups is 1. The Hall–Kier alpha value is -3.44. The van der Waals surface area contributed by atoms with Crippen LogP contribution in [0.15, 0.2) is 47.4 Å². The van der Waals surface area contributed by atoms with Crippen molar-refractivity contribution < 1.29 is 46.5 Å². The van der Waals surface area contributed by atoms with Crippen LogP contribution in [0.4, 0.5) is 11.4 Å². The molecule has 1 aliphatic heterocycles. The number of nitrogens with zero attached hydrogens (tertiary/aromatic N) is 1. The van der Waals surface area contributed by atoms with Crippen molar-refractivity contribution in [1.29, 1.82) is 0 Å². The zero-order valence-corrected chi connectivity index (χ0v) is 23.4. The summed E-state index contributed by atoms with van der Waals surface area (Å²) in [5, 5.41) is 32.9. The summed E-state index contributed by atoms with van der Waals surface area (Å²) >= 11 is 0. The Labute approximate surface area is 232 Å². The molecule has 2 aromatic carbocycles. The summed E-state index contributed by atoms with van der Waals surface area (Å²) in [6, 6.07) is 8.03. The SMILES string of the molecule is COC(=O)C(NS(=O)(=O)c1ccc(N2CCC(NC[C@H](O)c3ccc(O)c(NS(C)(=O)=O)c3)CC2)cc1)C(=O)O. The summed E-state index contributed by atoms with van der Waals surface area (Å²) in [5.74, 6) is -3.18. The van der Waals surface area contributed by atoms with Crippen molar-refractivity contribution in [1.82, 2.24) is 10.0 Å². The molecule has 1 heterocycles. The number of piperidine rings is 1. The molecule has 1 fully saturated rings. The zero-order chi connectivity index (χ0) is 29.7. The Bertz CT molecular complexity index is 1420. The number of rotatable bonds is 12. The molecule has 2 atom stereocenters. The van der Waals surface area contributed by atoms with E-state index in [1.807, 2.05) is 4.72 Å². The van der Waals surface area contributed by atoms with Gasteiger partial charge in [0.15, 0.2) is 0 Å². The Morgan fingerprint density at radius 1 is 1.07 bits per heavy atom. The van der Waals surface area contributed by atoms with Gasteiger partial charge < -0.3 is 30.3 Å². The average Bonchev–Trinajstić information content (AvgIpc) is 2.90. The number of benzene rings is 2. The number of anilines is 2. The number of carbonyl (C=O) groups is 2. The molecule has 0 bridgehead atoms. The number of aliphatic carboxylic acids is 1. The van der Waals surface area contributed by atoms with Crippen molar-refractivity contribution in [3.05, 3.63) is 48.0 Å². The number of phenols is 1. The maximum absolute atomic E-state index is 12.6. The van der Waals surface area contributed by atoms with Crippen LogP contribution in [0.3, 0.4) is 0 Å². The fraction of sp³-hybridized carbons (Fsp3) is 0.417. The molecule has 1 saturated heterocycles. The largest absolute Gasteiger partial charge is 0.506 e. The molecule has 0 spiro atoms. The van der Waals surface area contributed by atoms with Crippen molar-refractivity contribution in [2.45, 2.75) is 35.9 Å². The van der Waals surface area contributed by atoms with Crippen molar-refractivity contribution in [3.63, 3.8) is 0 Å². The van der Waals surface area contributed by atoms with Gasteiger partial charge in [0.05, 0.1) is 30.1 Å². The number of carbonyl (C=O) groups excluding carboxylic acids is 1. The van der Waals surface area contributed by atoms with Crippen molar-refractivity contribution in [2.75, 3.05) is 42.6 Å².